The van der Waals surface area contributed by atoms with Gasteiger partial charge in [0.25, 0.3) is 5.91 Å². The molecule has 1 aromatic heterocycles. The molecule has 0 bridgehead atoms. The van der Waals surface area contributed by atoms with Crippen LogP contribution in [0, 0.1) is 0 Å². The van der Waals surface area contributed by atoms with Gasteiger partial charge in [0.1, 0.15) is 11.5 Å². The molecule has 1 amide bonds. The van der Waals surface area contributed by atoms with Crippen molar-refractivity contribution in [1.82, 2.24) is 4.98 Å². The maximum atomic E-state index is 12.3. The highest BCUT2D eigenvalue weighted by Crippen LogP contribution is 2.23. The van der Waals surface area contributed by atoms with Crippen LogP contribution < -0.4 is 14.8 Å². The van der Waals surface area contributed by atoms with Crippen molar-refractivity contribution >= 4 is 34.0 Å². The van der Waals surface area contributed by atoms with E-state index in [0.29, 0.717) is 22.3 Å². The lowest BCUT2D eigenvalue weighted by molar-refractivity contribution is -0.122. The SMILES string of the molecule is COc1ccc(OC(C)C(=O)Nc2ncc(Cc3cccc(Cl)c3)s2)cc1. The van der Waals surface area contributed by atoms with E-state index in [1.54, 1.807) is 44.5 Å². The number of methoxy groups -OCH3 is 1. The number of carbonyl (C=O) groups excluding carboxylic acids is 1. The minimum absolute atomic E-state index is 0.255. The fourth-order valence-corrected chi connectivity index (χ4v) is 3.48. The summed E-state index contributed by atoms with van der Waals surface area (Å²) in [5, 5.41) is 4.04. The fourth-order valence-electron chi connectivity index (χ4n) is 2.41. The number of aromatic nitrogens is 1. The molecule has 0 saturated carbocycles. The van der Waals surface area contributed by atoms with Gasteiger partial charge in [-0.25, -0.2) is 4.98 Å². The van der Waals surface area contributed by atoms with Gasteiger partial charge in [-0.3, -0.25) is 10.1 Å². The van der Waals surface area contributed by atoms with E-state index in [0.717, 1.165) is 16.2 Å². The normalized spacial score (nSPS) is 11.7. The Morgan fingerprint density at radius 3 is 2.67 bits per heavy atom. The lowest BCUT2D eigenvalue weighted by Crippen LogP contribution is -2.30. The smallest absolute Gasteiger partial charge is 0.266 e. The van der Waals surface area contributed by atoms with Crippen LogP contribution >= 0.6 is 22.9 Å². The Kier molecular flexibility index (Phi) is 6.32. The Bertz CT molecular complexity index is 912. The number of hydrogen-bond donors (Lipinski definition) is 1. The van der Waals surface area contributed by atoms with Gasteiger partial charge in [0.05, 0.1) is 7.11 Å². The summed E-state index contributed by atoms with van der Waals surface area (Å²) in [7, 11) is 1.60. The number of nitrogens with one attached hydrogen (secondary N) is 1. The Labute approximate surface area is 166 Å². The van der Waals surface area contributed by atoms with Crippen molar-refractivity contribution in [3.63, 3.8) is 0 Å². The molecule has 1 N–H and O–H groups in total. The average molecular weight is 403 g/mol. The van der Waals surface area contributed by atoms with Crippen molar-refractivity contribution in [2.24, 2.45) is 0 Å². The predicted octanol–water partition coefficient (Wildman–Crippen LogP) is 4.80. The highest BCUT2D eigenvalue weighted by atomic mass is 35.5. The van der Waals surface area contributed by atoms with E-state index in [-0.39, 0.29) is 5.91 Å². The average Bonchev–Trinajstić information content (AvgIpc) is 3.09. The van der Waals surface area contributed by atoms with E-state index in [4.69, 9.17) is 21.1 Å². The number of hydrogen-bond acceptors (Lipinski definition) is 5. The van der Waals surface area contributed by atoms with Gasteiger partial charge < -0.3 is 9.47 Å². The van der Waals surface area contributed by atoms with E-state index in [9.17, 15) is 4.79 Å². The first kappa shape index (κ1) is 19.2. The minimum Gasteiger partial charge on any atom is -0.497 e. The fraction of sp³-hybridized carbons (Fsp3) is 0.200. The third-order valence-corrected chi connectivity index (χ3v) is 4.94. The van der Waals surface area contributed by atoms with Crippen molar-refractivity contribution < 1.29 is 14.3 Å². The van der Waals surface area contributed by atoms with Gasteiger partial charge in [-0.15, -0.1) is 11.3 Å². The monoisotopic (exact) mass is 402 g/mol. The molecule has 0 aliphatic carbocycles. The number of thiazole rings is 1. The molecule has 27 heavy (non-hydrogen) atoms. The van der Waals surface area contributed by atoms with E-state index in [2.05, 4.69) is 10.3 Å². The molecule has 3 rings (SSSR count). The Morgan fingerprint density at radius 2 is 1.96 bits per heavy atom. The molecule has 0 aliphatic rings. The summed E-state index contributed by atoms with van der Waals surface area (Å²) in [6.07, 6.45) is 1.82. The molecule has 0 spiro atoms. The van der Waals surface area contributed by atoms with Crippen molar-refractivity contribution in [1.29, 1.82) is 0 Å². The number of amides is 1. The van der Waals surface area contributed by atoms with Crippen LogP contribution in [0.3, 0.4) is 0 Å². The second kappa shape index (κ2) is 8.88. The maximum Gasteiger partial charge on any atom is 0.266 e. The molecule has 1 unspecified atom stereocenters. The van der Waals surface area contributed by atoms with E-state index < -0.39 is 6.10 Å². The molecular weight excluding hydrogens is 384 g/mol. The summed E-state index contributed by atoms with van der Waals surface area (Å²) in [5.41, 5.74) is 1.10. The number of benzene rings is 2. The third-order valence-electron chi connectivity index (χ3n) is 3.79. The molecule has 7 heteroatoms. The standard InChI is InChI=1S/C20H19ClN2O3S/c1-13(26-17-8-6-16(25-2)7-9-17)19(24)23-20-22-12-18(27-20)11-14-4-3-5-15(21)10-14/h3-10,12-13H,11H2,1-2H3,(H,22,23,24). The van der Waals surface area contributed by atoms with Crippen LogP contribution in [0.2, 0.25) is 5.02 Å². The summed E-state index contributed by atoms with van der Waals surface area (Å²) in [6.45, 7) is 1.69. The van der Waals surface area contributed by atoms with Crippen LogP contribution in [0.25, 0.3) is 0 Å². The summed E-state index contributed by atoms with van der Waals surface area (Å²) < 4.78 is 10.8. The van der Waals surface area contributed by atoms with Crippen LogP contribution in [0.5, 0.6) is 11.5 Å². The molecule has 0 aliphatic heterocycles. The first-order valence-corrected chi connectivity index (χ1v) is 9.53. The van der Waals surface area contributed by atoms with Crippen LogP contribution in [-0.4, -0.2) is 24.1 Å². The molecule has 0 radical (unpaired) electrons. The lowest BCUT2D eigenvalue weighted by Gasteiger charge is -2.13. The molecule has 0 saturated heterocycles. The topological polar surface area (TPSA) is 60.5 Å². The Balaban J connectivity index is 1.56. The van der Waals surface area contributed by atoms with Crippen molar-refractivity contribution in [2.45, 2.75) is 19.4 Å². The molecular formula is C20H19ClN2O3S. The third kappa shape index (κ3) is 5.45. The van der Waals surface area contributed by atoms with Gasteiger partial charge in [0, 0.05) is 22.5 Å². The van der Waals surface area contributed by atoms with Crippen molar-refractivity contribution in [3.05, 3.63) is 70.2 Å². The van der Waals surface area contributed by atoms with E-state index in [1.165, 1.54) is 11.3 Å². The molecule has 2 aromatic carbocycles. The first-order chi connectivity index (χ1) is 13.0. The number of nitrogens with zero attached hydrogens (tertiary/aromatic N) is 1. The highest BCUT2D eigenvalue weighted by Gasteiger charge is 2.16. The maximum absolute atomic E-state index is 12.3. The van der Waals surface area contributed by atoms with Crippen LogP contribution in [0.15, 0.2) is 54.7 Å². The van der Waals surface area contributed by atoms with Crippen LogP contribution in [0.4, 0.5) is 5.13 Å². The van der Waals surface area contributed by atoms with E-state index in [1.807, 2.05) is 24.3 Å². The van der Waals surface area contributed by atoms with Gasteiger partial charge in [-0.2, -0.15) is 0 Å². The first-order valence-electron chi connectivity index (χ1n) is 8.34. The minimum atomic E-state index is -0.654. The summed E-state index contributed by atoms with van der Waals surface area (Å²) >= 11 is 7.45. The lowest BCUT2D eigenvalue weighted by atomic mass is 10.1. The van der Waals surface area contributed by atoms with Gasteiger partial charge in [-0.05, 0) is 48.9 Å². The van der Waals surface area contributed by atoms with Gasteiger partial charge in [0.15, 0.2) is 11.2 Å². The number of rotatable bonds is 7. The summed E-state index contributed by atoms with van der Waals surface area (Å²) in [4.78, 5) is 17.6. The Hall–Kier alpha value is -2.57. The number of anilines is 1. The Morgan fingerprint density at radius 1 is 1.22 bits per heavy atom. The van der Waals surface area contributed by atoms with E-state index >= 15 is 0 Å². The number of ether oxygens (including phenoxy) is 2. The van der Waals surface area contributed by atoms with Crippen molar-refractivity contribution in [2.75, 3.05) is 12.4 Å². The van der Waals surface area contributed by atoms with Crippen LogP contribution in [-0.2, 0) is 11.2 Å². The zero-order chi connectivity index (χ0) is 19.2. The highest BCUT2D eigenvalue weighted by molar-refractivity contribution is 7.15. The van der Waals surface area contributed by atoms with Crippen LogP contribution in [0.1, 0.15) is 17.4 Å². The number of carbonyl (C=O) groups is 1. The molecule has 1 heterocycles. The summed E-state index contributed by atoms with van der Waals surface area (Å²) in [6, 6.07) is 14.8. The van der Waals surface area contributed by atoms with Gasteiger partial charge >= 0.3 is 0 Å². The second-order valence-corrected chi connectivity index (χ2v) is 7.41. The zero-order valence-electron chi connectivity index (χ0n) is 14.9. The zero-order valence-corrected chi connectivity index (χ0v) is 16.5. The predicted molar refractivity (Wildman–Crippen MR) is 108 cm³/mol. The molecule has 3 aromatic rings. The number of halogens is 1. The molecule has 5 nitrogen and oxygen atoms in total. The van der Waals surface area contributed by atoms with Gasteiger partial charge in [-0.1, -0.05) is 23.7 Å². The molecule has 140 valence electrons. The quantitative estimate of drug-likeness (QED) is 0.616. The molecule has 1 atom stereocenters. The van der Waals surface area contributed by atoms with Crippen molar-refractivity contribution in [3.8, 4) is 11.5 Å². The largest absolute Gasteiger partial charge is 0.497 e. The molecule has 0 fully saturated rings. The van der Waals surface area contributed by atoms with Gasteiger partial charge in [0.2, 0.25) is 0 Å². The second-order valence-electron chi connectivity index (χ2n) is 5.86. The summed E-state index contributed by atoms with van der Waals surface area (Å²) in [5.74, 6) is 1.07.